The first kappa shape index (κ1) is 32.0. The van der Waals surface area contributed by atoms with Crippen LogP contribution in [0.25, 0.3) is 33.2 Å². The third-order valence-electron chi connectivity index (χ3n) is 9.61. The van der Waals surface area contributed by atoms with Crippen LogP contribution in [0.15, 0.2) is 59.3 Å². The van der Waals surface area contributed by atoms with Crippen LogP contribution in [0.5, 0.6) is 11.8 Å². The van der Waals surface area contributed by atoms with Gasteiger partial charge in [-0.3, -0.25) is 0 Å². The lowest BCUT2D eigenvalue weighted by atomic mass is 9.90. The van der Waals surface area contributed by atoms with Gasteiger partial charge in [0, 0.05) is 41.9 Å². The highest BCUT2D eigenvalue weighted by atomic mass is 19.4. The highest BCUT2D eigenvalue weighted by Gasteiger charge is 2.50. The average Bonchev–Trinajstić information content (AvgIpc) is 3.69. The number of aliphatic carboxylic acids is 1. The number of para-hydroxylation sites is 1. The molecule has 1 spiro atoms. The lowest BCUT2D eigenvalue weighted by Gasteiger charge is -2.53. The van der Waals surface area contributed by atoms with Crippen molar-refractivity contribution in [2.45, 2.75) is 43.3 Å². The number of carbonyl (C=O) groups is 1. The summed E-state index contributed by atoms with van der Waals surface area (Å²) in [5.41, 5.74) is 1.71. The Labute approximate surface area is 282 Å². The van der Waals surface area contributed by atoms with Crippen molar-refractivity contribution in [1.29, 1.82) is 0 Å². The molecule has 0 radical (unpaired) electrons. The Bertz CT molecular complexity index is 2110. The molecule has 13 nitrogen and oxygen atoms in total. The maximum absolute atomic E-state index is 14.1. The number of methoxy groups -OCH3 is 1. The fraction of sp³-hybridized carbons (Fsp3) is 0.382. The number of aromatic nitrogens is 4. The molecule has 0 amide bonds. The number of benzene rings is 1. The van der Waals surface area contributed by atoms with Crippen molar-refractivity contribution in [2.24, 2.45) is 0 Å². The quantitative estimate of drug-likeness (QED) is 0.245. The minimum absolute atomic E-state index is 0.0464. The molecular weight excluding hydrogens is 661 g/mol. The van der Waals surface area contributed by atoms with Crippen LogP contribution in [-0.2, 0) is 20.4 Å². The molecule has 50 heavy (non-hydrogen) atoms. The van der Waals surface area contributed by atoms with E-state index in [2.05, 4.69) is 19.9 Å². The monoisotopic (exact) mass is 692 g/mol. The van der Waals surface area contributed by atoms with Gasteiger partial charge in [0.2, 0.25) is 17.6 Å². The molecule has 8 rings (SSSR count). The minimum Gasteiger partial charge on any atom is -0.481 e. The van der Waals surface area contributed by atoms with Crippen LogP contribution >= 0.6 is 0 Å². The predicted molar refractivity (Wildman–Crippen MR) is 172 cm³/mol. The number of halogens is 3. The number of morpholine rings is 1. The van der Waals surface area contributed by atoms with Crippen LogP contribution in [0.2, 0.25) is 0 Å². The van der Waals surface area contributed by atoms with Crippen LogP contribution in [0.1, 0.15) is 19.2 Å². The third-order valence-corrected chi connectivity index (χ3v) is 9.61. The average molecular weight is 693 g/mol. The van der Waals surface area contributed by atoms with Gasteiger partial charge < -0.3 is 38.3 Å². The van der Waals surface area contributed by atoms with E-state index in [0.717, 1.165) is 0 Å². The molecule has 0 aliphatic carbocycles. The van der Waals surface area contributed by atoms with E-state index < -0.39 is 35.7 Å². The zero-order valence-electron chi connectivity index (χ0n) is 26.9. The van der Waals surface area contributed by atoms with E-state index in [4.69, 9.17) is 28.3 Å². The summed E-state index contributed by atoms with van der Waals surface area (Å²) in [6, 6.07) is 10.7. The Morgan fingerprint density at radius 2 is 1.90 bits per heavy atom. The maximum atomic E-state index is 14.1. The van der Waals surface area contributed by atoms with Gasteiger partial charge >= 0.3 is 12.1 Å². The van der Waals surface area contributed by atoms with Crippen LogP contribution in [0.3, 0.4) is 0 Å². The first-order valence-electron chi connectivity index (χ1n) is 16.0. The topological polar surface area (TPSA) is 145 Å². The summed E-state index contributed by atoms with van der Waals surface area (Å²) in [5.74, 6) is -2.31. The number of alkyl halides is 3. The molecule has 3 atom stereocenters. The Hall–Kier alpha value is -5.22. The molecule has 3 saturated heterocycles. The lowest BCUT2D eigenvalue weighted by Crippen LogP contribution is -2.68. The summed E-state index contributed by atoms with van der Waals surface area (Å²) >= 11 is 0. The van der Waals surface area contributed by atoms with Gasteiger partial charge in [0.25, 0.3) is 0 Å². The number of fused-ring (bicyclic) bond motifs is 3. The Morgan fingerprint density at radius 3 is 2.64 bits per heavy atom. The van der Waals surface area contributed by atoms with Crippen molar-refractivity contribution in [2.75, 3.05) is 49.8 Å². The number of carboxylic acids is 1. The van der Waals surface area contributed by atoms with Crippen LogP contribution in [0.4, 0.5) is 24.7 Å². The molecule has 5 aromatic rings. The molecule has 260 valence electrons. The van der Waals surface area contributed by atoms with E-state index in [1.165, 1.54) is 12.0 Å². The van der Waals surface area contributed by atoms with Crippen LogP contribution in [-0.4, -0.2) is 94.8 Å². The minimum atomic E-state index is -4.90. The number of rotatable bonds is 7. The summed E-state index contributed by atoms with van der Waals surface area (Å²) in [5, 5.41) is 10.7. The van der Waals surface area contributed by atoms with Gasteiger partial charge in [0.05, 0.1) is 39.5 Å². The van der Waals surface area contributed by atoms with Crippen molar-refractivity contribution in [3.05, 3.63) is 60.7 Å². The van der Waals surface area contributed by atoms with Crippen LogP contribution in [0, 0.1) is 0 Å². The highest BCUT2D eigenvalue weighted by Crippen LogP contribution is 2.43. The molecule has 3 aliphatic rings. The standard InChI is InChI=1S/C34H31F3N6O7/c1-18-33(16-47-17-33)48-11-10-42(18)23-12-19(21-7-5-9-38-29(21)46-2)14-39-30(23)49-20-13-24(31(44)45)43(15-20)28-27-26(40-32(41-28)34(35,36)37)22-6-3-4-8-25(22)50-27/h3-9,12,14,18,20,24H,10-11,13,15-17H2,1-2H3,(H,44,45)/t18-,20?,24-/m0/s1. The van der Waals surface area contributed by atoms with Gasteiger partial charge in [-0.2, -0.15) is 13.2 Å². The van der Waals surface area contributed by atoms with Crippen molar-refractivity contribution in [3.8, 4) is 22.9 Å². The lowest BCUT2D eigenvalue weighted by molar-refractivity contribution is -0.228. The van der Waals surface area contributed by atoms with Crippen molar-refractivity contribution in [3.63, 3.8) is 0 Å². The highest BCUT2D eigenvalue weighted by molar-refractivity contribution is 6.06. The largest absolute Gasteiger partial charge is 0.481 e. The van der Waals surface area contributed by atoms with Crippen LogP contribution < -0.4 is 19.3 Å². The predicted octanol–water partition coefficient (Wildman–Crippen LogP) is 4.97. The first-order chi connectivity index (χ1) is 24.1. The summed E-state index contributed by atoms with van der Waals surface area (Å²) in [4.78, 5) is 32.7. The second-order valence-electron chi connectivity index (χ2n) is 12.5. The molecule has 0 saturated carbocycles. The zero-order valence-corrected chi connectivity index (χ0v) is 26.9. The number of hydrogen-bond donors (Lipinski definition) is 1. The summed E-state index contributed by atoms with van der Waals surface area (Å²) in [6.07, 6.45) is -2.53. The molecule has 1 aromatic carbocycles. The molecule has 3 aliphatic heterocycles. The fourth-order valence-electron chi connectivity index (χ4n) is 6.97. The molecule has 1 unspecified atom stereocenters. The number of furan rings is 1. The van der Waals surface area contributed by atoms with Gasteiger partial charge in [0.15, 0.2) is 11.4 Å². The van der Waals surface area contributed by atoms with Gasteiger partial charge in [-0.15, -0.1) is 0 Å². The number of nitrogens with zero attached hydrogens (tertiary/aromatic N) is 6. The summed E-state index contributed by atoms with van der Waals surface area (Å²) in [7, 11) is 1.53. The number of carboxylic acid groups (broad SMARTS) is 1. The van der Waals surface area contributed by atoms with E-state index in [9.17, 15) is 23.1 Å². The summed E-state index contributed by atoms with van der Waals surface area (Å²) in [6.45, 7) is 3.71. The summed E-state index contributed by atoms with van der Waals surface area (Å²) < 4.78 is 71.9. The zero-order chi connectivity index (χ0) is 34.8. The Balaban J connectivity index is 1.19. The van der Waals surface area contributed by atoms with Gasteiger partial charge in [-0.05, 0) is 37.3 Å². The third kappa shape index (κ3) is 5.29. The Kier molecular flexibility index (Phi) is 7.67. The number of pyridine rings is 2. The van der Waals surface area contributed by atoms with E-state index in [-0.39, 0.29) is 41.8 Å². The van der Waals surface area contributed by atoms with E-state index in [0.29, 0.717) is 60.0 Å². The molecule has 16 heteroatoms. The normalized spacial score (nSPS) is 21.9. The second kappa shape index (κ2) is 12.0. The Morgan fingerprint density at radius 1 is 1.08 bits per heavy atom. The first-order valence-corrected chi connectivity index (χ1v) is 16.0. The molecule has 7 heterocycles. The van der Waals surface area contributed by atoms with Gasteiger partial charge in [-0.25, -0.2) is 24.7 Å². The van der Waals surface area contributed by atoms with Crippen molar-refractivity contribution in [1.82, 2.24) is 19.9 Å². The van der Waals surface area contributed by atoms with E-state index in [1.807, 2.05) is 19.1 Å². The van der Waals surface area contributed by atoms with Gasteiger partial charge in [-0.1, -0.05) is 12.1 Å². The van der Waals surface area contributed by atoms with Gasteiger partial charge in [0.1, 0.15) is 34.5 Å². The molecule has 3 fully saturated rings. The molecule has 4 aromatic heterocycles. The van der Waals surface area contributed by atoms with E-state index >= 15 is 0 Å². The number of anilines is 2. The number of hydrogen-bond acceptors (Lipinski definition) is 12. The molecule has 0 bridgehead atoms. The fourth-order valence-corrected chi connectivity index (χ4v) is 6.97. The SMILES string of the molecule is COc1ncccc1-c1cnc(OC2C[C@@H](C(=O)O)N(c3nc(C(F)(F)F)nc4c3oc3ccccc34)C2)c(N2CCOC3(COC3)[C@@H]2C)c1. The number of ether oxygens (including phenoxy) is 4. The second-order valence-corrected chi connectivity index (χ2v) is 12.5. The molecule has 1 N–H and O–H groups in total. The van der Waals surface area contributed by atoms with E-state index in [1.54, 1.807) is 42.7 Å². The molecular formula is C34H31F3N6O7. The maximum Gasteiger partial charge on any atom is 0.451 e. The smallest absolute Gasteiger partial charge is 0.451 e. The van der Waals surface area contributed by atoms with Crippen molar-refractivity contribution < 1.29 is 46.4 Å². The van der Waals surface area contributed by atoms with Crippen molar-refractivity contribution >= 4 is 39.5 Å².